The van der Waals surface area contributed by atoms with Gasteiger partial charge >= 0.3 is 5.97 Å². The number of methoxy groups -OCH3 is 1. The van der Waals surface area contributed by atoms with Crippen molar-refractivity contribution < 1.29 is 19.4 Å². The summed E-state index contributed by atoms with van der Waals surface area (Å²) in [5.74, 6) is -0.750. The molecule has 0 aromatic heterocycles. The summed E-state index contributed by atoms with van der Waals surface area (Å²) in [5, 5.41) is 10.8. The van der Waals surface area contributed by atoms with Crippen LogP contribution in [0.25, 0.3) is 0 Å². The predicted octanol–water partition coefficient (Wildman–Crippen LogP) is 1.70. The Kier molecular flexibility index (Phi) is 4.63. The van der Waals surface area contributed by atoms with Gasteiger partial charge in [-0.25, -0.2) is 0 Å². The number of aliphatic hydroxyl groups is 1. The third-order valence-corrected chi connectivity index (χ3v) is 5.23. The summed E-state index contributed by atoms with van der Waals surface area (Å²) in [6, 6.07) is 8.18. The monoisotopic (exact) mass is 331 g/mol. The zero-order valence-electron chi connectivity index (χ0n) is 14.3. The van der Waals surface area contributed by atoms with Gasteiger partial charge in [-0.1, -0.05) is 29.8 Å². The van der Waals surface area contributed by atoms with E-state index in [9.17, 15) is 14.7 Å². The van der Waals surface area contributed by atoms with Gasteiger partial charge in [0, 0.05) is 19.5 Å². The number of esters is 1. The van der Waals surface area contributed by atoms with E-state index in [1.165, 1.54) is 12.7 Å². The van der Waals surface area contributed by atoms with Gasteiger partial charge in [0.25, 0.3) is 0 Å². The normalized spacial score (nSPS) is 25.2. The largest absolute Gasteiger partial charge is 0.469 e. The Labute approximate surface area is 142 Å². The summed E-state index contributed by atoms with van der Waals surface area (Å²) >= 11 is 0. The lowest BCUT2D eigenvalue weighted by Crippen LogP contribution is -2.48. The molecule has 5 heteroatoms. The third kappa shape index (κ3) is 3.61. The molecule has 2 atom stereocenters. The number of carbonyl (C=O) groups is 2. The molecule has 1 amide bonds. The topological polar surface area (TPSA) is 66.8 Å². The van der Waals surface area contributed by atoms with Crippen LogP contribution in [0.4, 0.5) is 0 Å². The van der Waals surface area contributed by atoms with Crippen molar-refractivity contribution in [2.24, 2.45) is 11.8 Å². The Morgan fingerprint density at radius 3 is 2.62 bits per heavy atom. The summed E-state index contributed by atoms with van der Waals surface area (Å²) < 4.78 is 4.70. The van der Waals surface area contributed by atoms with Crippen molar-refractivity contribution in [2.75, 3.05) is 20.2 Å². The first-order chi connectivity index (χ1) is 11.4. The van der Waals surface area contributed by atoms with Crippen LogP contribution in [-0.2, 0) is 20.7 Å². The molecule has 3 rings (SSSR count). The summed E-state index contributed by atoms with van der Waals surface area (Å²) in [6.07, 6.45) is 2.35. The quantitative estimate of drug-likeness (QED) is 0.853. The maximum Gasteiger partial charge on any atom is 0.309 e. The number of amides is 1. The van der Waals surface area contributed by atoms with E-state index in [4.69, 9.17) is 4.74 Å². The highest BCUT2D eigenvalue weighted by atomic mass is 16.5. The molecule has 0 radical (unpaired) electrons. The smallest absolute Gasteiger partial charge is 0.309 e. The molecule has 0 unspecified atom stereocenters. The van der Waals surface area contributed by atoms with Gasteiger partial charge in [-0.3, -0.25) is 9.59 Å². The van der Waals surface area contributed by atoms with E-state index in [-0.39, 0.29) is 23.7 Å². The molecular weight excluding hydrogens is 306 g/mol. The number of nitrogens with zero attached hydrogens (tertiary/aromatic N) is 1. The van der Waals surface area contributed by atoms with E-state index < -0.39 is 5.60 Å². The molecule has 0 spiro atoms. The molecule has 130 valence electrons. The molecule has 1 heterocycles. The van der Waals surface area contributed by atoms with E-state index in [1.54, 1.807) is 4.90 Å². The minimum Gasteiger partial charge on any atom is -0.469 e. The number of benzene rings is 1. The van der Waals surface area contributed by atoms with Crippen molar-refractivity contribution in [1.82, 2.24) is 4.90 Å². The van der Waals surface area contributed by atoms with Gasteiger partial charge in [0.1, 0.15) is 0 Å². The van der Waals surface area contributed by atoms with Crippen LogP contribution in [0.5, 0.6) is 0 Å². The van der Waals surface area contributed by atoms with E-state index in [0.29, 0.717) is 38.8 Å². The molecule has 1 aliphatic heterocycles. The van der Waals surface area contributed by atoms with Crippen molar-refractivity contribution >= 4 is 11.9 Å². The van der Waals surface area contributed by atoms with E-state index >= 15 is 0 Å². The van der Waals surface area contributed by atoms with Gasteiger partial charge in [0.2, 0.25) is 5.91 Å². The lowest BCUT2D eigenvalue weighted by atomic mass is 9.85. The van der Waals surface area contributed by atoms with Gasteiger partial charge < -0.3 is 14.7 Å². The number of piperidine rings is 1. The van der Waals surface area contributed by atoms with E-state index in [1.807, 2.05) is 25.1 Å². The van der Waals surface area contributed by atoms with Crippen molar-refractivity contribution in [1.29, 1.82) is 0 Å². The summed E-state index contributed by atoms with van der Waals surface area (Å²) in [7, 11) is 1.36. The number of aryl methyl sites for hydroxylation is 1. The Balaban J connectivity index is 1.54. The minimum atomic E-state index is -0.754. The average Bonchev–Trinajstić information content (AvgIpc) is 3.34. The summed E-state index contributed by atoms with van der Waals surface area (Å²) in [5.41, 5.74) is 1.56. The average molecular weight is 331 g/mol. The van der Waals surface area contributed by atoms with Crippen LogP contribution in [0.2, 0.25) is 0 Å². The highest BCUT2D eigenvalue weighted by Crippen LogP contribution is 2.41. The molecule has 1 saturated heterocycles. The molecule has 1 saturated carbocycles. The van der Waals surface area contributed by atoms with Crippen LogP contribution >= 0.6 is 0 Å². The molecule has 1 aliphatic carbocycles. The van der Waals surface area contributed by atoms with Crippen LogP contribution in [0.3, 0.4) is 0 Å². The van der Waals surface area contributed by atoms with Crippen molar-refractivity contribution in [2.45, 2.75) is 38.2 Å². The first-order valence-electron chi connectivity index (χ1n) is 8.56. The summed E-state index contributed by atoms with van der Waals surface area (Å²) in [6.45, 7) is 3.14. The number of ether oxygens (including phenoxy) is 1. The second-order valence-electron chi connectivity index (χ2n) is 7.19. The SMILES string of the molecule is COC(=O)[C@@H]1C[C@H]1C(=O)N1CCC(O)(Cc2cccc(C)c2)CC1. The zero-order chi connectivity index (χ0) is 17.3. The maximum atomic E-state index is 12.4. The molecule has 2 aliphatic rings. The fourth-order valence-electron chi connectivity index (χ4n) is 3.64. The molecule has 0 bridgehead atoms. The molecule has 1 N–H and O–H groups in total. The Morgan fingerprint density at radius 2 is 2.00 bits per heavy atom. The standard InChI is InChI=1S/C19H25NO4/c1-13-4-3-5-14(10-13)12-19(23)6-8-20(9-7-19)17(21)15-11-16(15)18(22)24-2/h3-5,10,15-16,23H,6-9,11-12H2,1-2H3/t15-,16-/m1/s1. The molecule has 5 nitrogen and oxygen atoms in total. The Bertz CT molecular complexity index is 634. The molecular formula is C19H25NO4. The van der Waals surface area contributed by atoms with Crippen LogP contribution < -0.4 is 0 Å². The predicted molar refractivity (Wildman–Crippen MR) is 89.3 cm³/mol. The molecule has 2 fully saturated rings. The second-order valence-corrected chi connectivity index (χ2v) is 7.19. The molecule has 1 aromatic rings. The van der Waals surface area contributed by atoms with Gasteiger partial charge in [0.15, 0.2) is 0 Å². The third-order valence-electron chi connectivity index (χ3n) is 5.23. The van der Waals surface area contributed by atoms with Gasteiger partial charge in [0.05, 0.1) is 24.5 Å². The zero-order valence-corrected chi connectivity index (χ0v) is 14.3. The van der Waals surface area contributed by atoms with Gasteiger partial charge in [-0.15, -0.1) is 0 Å². The lowest BCUT2D eigenvalue weighted by Gasteiger charge is -2.38. The molecule has 1 aromatic carbocycles. The van der Waals surface area contributed by atoms with Crippen LogP contribution in [0.1, 0.15) is 30.4 Å². The van der Waals surface area contributed by atoms with Crippen LogP contribution in [0.15, 0.2) is 24.3 Å². The van der Waals surface area contributed by atoms with Crippen molar-refractivity contribution in [3.05, 3.63) is 35.4 Å². The van der Waals surface area contributed by atoms with Crippen LogP contribution in [0, 0.1) is 18.8 Å². The van der Waals surface area contributed by atoms with Gasteiger partial charge in [-0.05, 0) is 31.7 Å². The number of hydrogen-bond acceptors (Lipinski definition) is 4. The minimum absolute atomic E-state index is 0.0306. The summed E-state index contributed by atoms with van der Waals surface area (Å²) in [4.78, 5) is 25.7. The highest BCUT2D eigenvalue weighted by molar-refractivity contribution is 5.90. The fraction of sp³-hybridized carbons (Fsp3) is 0.579. The van der Waals surface area contributed by atoms with Gasteiger partial charge in [-0.2, -0.15) is 0 Å². The van der Waals surface area contributed by atoms with E-state index in [0.717, 1.165) is 5.56 Å². The first-order valence-corrected chi connectivity index (χ1v) is 8.56. The molecule has 24 heavy (non-hydrogen) atoms. The number of hydrogen-bond donors (Lipinski definition) is 1. The maximum absolute atomic E-state index is 12.4. The Hall–Kier alpha value is -1.88. The second kappa shape index (κ2) is 6.55. The Morgan fingerprint density at radius 1 is 1.29 bits per heavy atom. The van der Waals surface area contributed by atoms with Crippen LogP contribution in [-0.4, -0.2) is 47.7 Å². The fourth-order valence-corrected chi connectivity index (χ4v) is 3.64. The number of rotatable bonds is 4. The lowest BCUT2D eigenvalue weighted by molar-refractivity contribution is -0.145. The van der Waals surface area contributed by atoms with E-state index in [2.05, 4.69) is 6.07 Å². The first kappa shape index (κ1) is 17.0. The number of likely N-dealkylation sites (tertiary alicyclic amines) is 1. The number of carbonyl (C=O) groups excluding carboxylic acids is 2. The van der Waals surface area contributed by atoms with Crippen molar-refractivity contribution in [3.63, 3.8) is 0 Å². The van der Waals surface area contributed by atoms with Crippen molar-refractivity contribution in [3.8, 4) is 0 Å². The highest BCUT2D eigenvalue weighted by Gasteiger charge is 2.51.